The molecule has 1 amide bonds. The molecule has 0 unspecified atom stereocenters. The molecule has 3 heterocycles. The van der Waals surface area contributed by atoms with Crippen LogP contribution in [0.2, 0.25) is 0 Å². The van der Waals surface area contributed by atoms with Gasteiger partial charge in [-0.25, -0.2) is 12.8 Å². The summed E-state index contributed by atoms with van der Waals surface area (Å²) in [6, 6.07) is 9.50. The minimum absolute atomic E-state index is 0.0616. The van der Waals surface area contributed by atoms with Crippen LogP contribution in [0.4, 0.5) is 4.39 Å². The number of piperidine rings is 1. The number of hydrogen-bond acceptors (Lipinski definition) is 4. The molecule has 2 atom stereocenters. The van der Waals surface area contributed by atoms with E-state index in [2.05, 4.69) is 10.3 Å². The molecule has 8 heteroatoms. The molecule has 2 aromatic rings. The van der Waals surface area contributed by atoms with Crippen molar-refractivity contribution in [2.24, 2.45) is 0 Å². The van der Waals surface area contributed by atoms with E-state index in [0.29, 0.717) is 19.3 Å². The van der Waals surface area contributed by atoms with Gasteiger partial charge in [0, 0.05) is 36.8 Å². The second kappa shape index (κ2) is 7.18. The summed E-state index contributed by atoms with van der Waals surface area (Å²) in [5, 5.41) is 3.09. The number of pyridine rings is 1. The third-order valence-electron chi connectivity index (χ3n) is 5.96. The number of halogens is 1. The van der Waals surface area contributed by atoms with Crippen LogP contribution in [0.1, 0.15) is 42.1 Å². The summed E-state index contributed by atoms with van der Waals surface area (Å²) < 4.78 is 41.7. The fourth-order valence-electron chi connectivity index (χ4n) is 4.46. The van der Waals surface area contributed by atoms with E-state index in [1.165, 1.54) is 22.5 Å². The summed E-state index contributed by atoms with van der Waals surface area (Å²) >= 11 is 0. The van der Waals surface area contributed by atoms with E-state index in [4.69, 9.17) is 0 Å². The molecular weight excluding hydrogens is 393 g/mol. The molecule has 2 aliphatic heterocycles. The number of amides is 1. The van der Waals surface area contributed by atoms with Crippen molar-refractivity contribution >= 4 is 15.9 Å². The van der Waals surface area contributed by atoms with E-state index in [1.54, 1.807) is 6.92 Å². The van der Waals surface area contributed by atoms with E-state index >= 15 is 0 Å². The van der Waals surface area contributed by atoms with E-state index in [0.717, 1.165) is 11.4 Å². The average molecular weight is 418 g/mol. The summed E-state index contributed by atoms with van der Waals surface area (Å²) in [4.78, 5) is 16.9. The van der Waals surface area contributed by atoms with Crippen molar-refractivity contribution in [1.29, 1.82) is 0 Å². The quantitative estimate of drug-likeness (QED) is 0.833. The minimum Gasteiger partial charge on any atom is -0.349 e. The first kappa shape index (κ1) is 20.0. The predicted molar refractivity (Wildman–Crippen MR) is 106 cm³/mol. The molecule has 1 N–H and O–H groups in total. The number of nitrogens with one attached hydrogen (secondary N) is 1. The number of sulfonamides is 1. The maximum absolute atomic E-state index is 13.6. The molecule has 0 bridgehead atoms. The van der Waals surface area contributed by atoms with Crippen molar-refractivity contribution < 1.29 is 17.6 Å². The fourth-order valence-corrected chi connectivity index (χ4v) is 6.07. The lowest BCUT2D eigenvalue weighted by molar-refractivity contribution is -0.125. The lowest BCUT2D eigenvalue weighted by atomic mass is 9.78. The predicted octanol–water partition coefficient (Wildman–Crippen LogP) is 2.66. The SMILES string of the molecule is Cc1cccc([C@@H]2CN(S(=O)(=O)c3ccc(F)c(C)c3)C[C@]23CCCC(=O)N3)n1. The number of benzene rings is 1. The molecule has 1 spiro atoms. The summed E-state index contributed by atoms with van der Waals surface area (Å²) in [6.45, 7) is 3.83. The normalized spacial score (nSPS) is 25.3. The molecule has 2 aliphatic rings. The van der Waals surface area contributed by atoms with Gasteiger partial charge in [0.1, 0.15) is 5.82 Å². The Balaban J connectivity index is 1.75. The first-order chi connectivity index (χ1) is 13.7. The molecule has 1 aromatic heterocycles. The van der Waals surface area contributed by atoms with E-state index in [9.17, 15) is 17.6 Å². The first-order valence-electron chi connectivity index (χ1n) is 9.72. The Kier molecular flexibility index (Phi) is 4.94. The molecule has 6 nitrogen and oxygen atoms in total. The summed E-state index contributed by atoms with van der Waals surface area (Å²) in [5.41, 5.74) is 1.22. The van der Waals surface area contributed by atoms with Gasteiger partial charge in [0.15, 0.2) is 0 Å². The van der Waals surface area contributed by atoms with Crippen LogP contribution in [0.3, 0.4) is 0 Å². The Labute approximate surface area is 170 Å². The van der Waals surface area contributed by atoms with E-state index in [-0.39, 0.29) is 35.4 Å². The van der Waals surface area contributed by atoms with Crippen molar-refractivity contribution in [3.63, 3.8) is 0 Å². The summed E-state index contributed by atoms with van der Waals surface area (Å²) in [6.07, 6.45) is 1.84. The van der Waals surface area contributed by atoms with Crippen LogP contribution in [-0.2, 0) is 14.8 Å². The maximum Gasteiger partial charge on any atom is 0.243 e. The Morgan fingerprint density at radius 3 is 2.72 bits per heavy atom. The highest BCUT2D eigenvalue weighted by Gasteiger charge is 2.53. The van der Waals surface area contributed by atoms with E-state index in [1.807, 2.05) is 25.1 Å². The van der Waals surface area contributed by atoms with Crippen molar-refractivity contribution in [1.82, 2.24) is 14.6 Å². The van der Waals surface area contributed by atoms with Gasteiger partial charge in [0.25, 0.3) is 0 Å². The molecule has 1 aromatic carbocycles. The zero-order chi connectivity index (χ0) is 20.8. The van der Waals surface area contributed by atoms with Crippen molar-refractivity contribution in [2.75, 3.05) is 13.1 Å². The van der Waals surface area contributed by atoms with Gasteiger partial charge < -0.3 is 5.32 Å². The second-order valence-corrected chi connectivity index (χ2v) is 9.96. The number of carbonyl (C=O) groups is 1. The zero-order valence-electron chi connectivity index (χ0n) is 16.5. The van der Waals surface area contributed by atoms with Crippen molar-refractivity contribution in [2.45, 2.75) is 49.5 Å². The average Bonchev–Trinajstić information content (AvgIpc) is 3.03. The molecule has 29 heavy (non-hydrogen) atoms. The topological polar surface area (TPSA) is 79.4 Å². The Morgan fingerprint density at radius 1 is 1.24 bits per heavy atom. The summed E-state index contributed by atoms with van der Waals surface area (Å²) in [5.74, 6) is -0.753. The van der Waals surface area contributed by atoms with Gasteiger partial charge in [0.2, 0.25) is 15.9 Å². The number of hydrogen-bond donors (Lipinski definition) is 1. The molecule has 0 aliphatic carbocycles. The second-order valence-electron chi connectivity index (χ2n) is 8.02. The van der Waals surface area contributed by atoms with Crippen LogP contribution in [0.25, 0.3) is 0 Å². The molecule has 0 radical (unpaired) electrons. The zero-order valence-corrected chi connectivity index (χ0v) is 17.3. The molecule has 0 saturated carbocycles. The van der Waals surface area contributed by atoms with Gasteiger partial charge in [-0.1, -0.05) is 6.07 Å². The molecule has 2 fully saturated rings. The summed E-state index contributed by atoms with van der Waals surface area (Å²) in [7, 11) is -3.83. The lowest BCUT2D eigenvalue weighted by Crippen LogP contribution is -2.56. The van der Waals surface area contributed by atoms with Gasteiger partial charge in [-0.3, -0.25) is 9.78 Å². The minimum atomic E-state index is -3.83. The van der Waals surface area contributed by atoms with Gasteiger partial charge in [-0.05, 0) is 62.6 Å². The number of carbonyl (C=O) groups excluding carboxylic acids is 1. The van der Waals surface area contributed by atoms with Crippen LogP contribution < -0.4 is 5.32 Å². The van der Waals surface area contributed by atoms with Crippen LogP contribution in [0.5, 0.6) is 0 Å². The lowest BCUT2D eigenvalue weighted by Gasteiger charge is -2.38. The Morgan fingerprint density at radius 2 is 2.03 bits per heavy atom. The monoisotopic (exact) mass is 417 g/mol. The van der Waals surface area contributed by atoms with Crippen LogP contribution in [0, 0.1) is 19.7 Å². The maximum atomic E-state index is 13.6. The highest BCUT2D eigenvalue weighted by Crippen LogP contribution is 2.42. The highest BCUT2D eigenvalue weighted by molar-refractivity contribution is 7.89. The largest absolute Gasteiger partial charge is 0.349 e. The Hall–Kier alpha value is -2.32. The Bertz CT molecular complexity index is 1070. The number of nitrogens with zero attached hydrogens (tertiary/aromatic N) is 2. The molecule has 4 rings (SSSR count). The third kappa shape index (κ3) is 3.55. The van der Waals surface area contributed by atoms with Crippen LogP contribution in [-0.4, -0.2) is 42.2 Å². The fraction of sp³-hybridized carbons (Fsp3) is 0.429. The molecular formula is C21H24FN3O3S. The van der Waals surface area contributed by atoms with Crippen LogP contribution >= 0.6 is 0 Å². The molecule has 154 valence electrons. The number of aromatic nitrogens is 1. The molecule has 2 saturated heterocycles. The van der Waals surface area contributed by atoms with Crippen molar-refractivity contribution in [3.05, 3.63) is 59.2 Å². The van der Waals surface area contributed by atoms with Crippen LogP contribution in [0.15, 0.2) is 41.3 Å². The standard InChI is InChI=1S/C21H24FN3O3S/c1-14-11-16(8-9-18(14)22)29(27,28)25-12-17(19-6-3-5-15(2)23-19)21(13-25)10-4-7-20(26)24-21/h3,5-6,8-9,11,17H,4,7,10,12-13H2,1-2H3,(H,24,26)/t17-,21+/m0/s1. The van der Waals surface area contributed by atoms with Gasteiger partial charge >= 0.3 is 0 Å². The van der Waals surface area contributed by atoms with Gasteiger partial charge in [-0.15, -0.1) is 0 Å². The number of rotatable bonds is 3. The highest BCUT2D eigenvalue weighted by atomic mass is 32.2. The van der Waals surface area contributed by atoms with Gasteiger partial charge in [-0.2, -0.15) is 4.31 Å². The number of aryl methyl sites for hydroxylation is 2. The van der Waals surface area contributed by atoms with E-state index < -0.39 is 21.4 Å². The first-order valence-corrected chi connectivity index (χ1v) is 11.2. The van der Waals surface area contributed by atoms with Crippen molar-refractivity contribution in [3.8, 4) is 0 Å². The van der Waals surface area contributed by atoms with Gasteiger partial charge in [0.05, 0.1) is 10.4 Å². The smallest absolute Gasteiger partial charge is 0.243 e. The third-order valence-corrected chi connectivity index (χ3v) is 7.77.